The minimum Gasteiger partial charge on any atom is -0.389 e. The normalized spacial score (nSPS) is 12.1. The van der Waals surface area contributed by atoms with Crippen molar-refractivity contribution in [3.8, 4) is 0 Å². The van der Waals surface area contributed by atoms with E-state index >= 15 is 0 Å². The minimum atomic E-state index is -2.99. The molecule has 1 aromatic carbocycles. The monoisotopic (exact) mass is 314 g/mol. The fourth-order valence-corrected chi connectivity index (χ4v) is 2.90. The average molecular weight is 314 g/mol. The highest BCUT2D eigenvalue weighted by Crippen LogP contribution is 2.08. The van der Waals surface area contributed by atoms with Crippen molar-refractivity contribution in [2.75, 3.05) is 19.3 Å². The molecule has 1 rings (SSSR count). The Morgan fingerprint density at radius 1 is 1.40 bits per heavy atom. The molecule has 6 heteroatoms. The Kier molecular flexibility index (Phi) is 6.10. The van der Waals surface area contributed by atoms with E-state index in [0.717, 1.165) is 11.1 Å². The molecule has 112 valence electrons. The summed E-state index contributed by atoms with van der Waals surface area (Å²) in [5.74, 6) is 0.177. The molecule has 0 bridgehead atoms. The van der Waals surface area contributed by atoms with Crippen molar-refractivity contribution in [1.82, 2.24) is 4.90 Å². The number of hydrogen-bond donors (Lipinski definition) is 1. The first-order valence-corrected chi connectivity index (χ1v) is 8.63. The predicted octanol–water partition coefficient (Wildman–Crippen LogP) is 1.58. The quantitative estimate of drug-likeness (QED) is 0.774. The fourth-order valence-electron chi connectivity index (χ4n) is 1.73. The van der Waals surface area contributed by atoms with Gasteiger partial charge in [-0.1, -0.05) is 30.4 Å². The van der Waals surface area contributed by atoms with Crippen molar-refractivity contribution in [2.24, 2.45) is 5.73 Å². The highest BCUT2D eigenvalue weighted by molar-refractivity contribution is 7.92. The van der Waals surface area contributed by atoms with Gasteiger partial charge in [0.2, 0.25) is 0 Å². The molecular weight excluding hydrogens is 292 g/mol. The van der Waals surface area contributed by atoms with Crippen molar-refractivity contribution >= 4 is 27.0 Å². The molecule has 0 aromatic heterocycles. The van der Waals surface area contributed by atoms with E-state index in [4.69, 9.17) is 18.0 Å². The summed E-state index contributed by atoms with van der Waals surface area (Å²) in [7, 11) is -1.08. The van der Waals surface area contributed by atoms with Gasteiger partial charge in [0.05, 0.1) is 11.0 Å². The van der Waals surface area contributed by atoms with Crippen LogP contribution in [-0.4, -0.2) is 42.9 Å². The van der Waals surface area contributed by atoms with Crippen LogP contribution in [0.5, 0.6) is 0 Å². The van der Waals surface area contributed by atoms with Crippen LogP contribution in [-0.2, 0) is 16.4 Å². The van der Waals surface area contributed by atoms with E-state index in [-0.39, 0.29) is 11.0 Å². The van der Waals surface area contributed by atoms with Gasteiger partial charge in [-0.3, -0.25) is 0 Å². The number of sulfone groups is 1. The number of nitrogens with zero attached hydrogens (tertiary/aromatic N) is 1. The summed E-state index contributed by atoms with van der Waals surface area (Å²) in [5, 5.41) is -0.325. The Morgan fingerprint density at radius 3 is 2.60 bits per heavy atom. The van der Waals surface area contributed by atoms with E-state index in [1.165, 1.54) is 0 Å². The Hall–Kier alpha value is -0.980. The second-order valence-electron chi connectivity index (χ2n) is 5.22. The van der Waals surface area contributed by atoms with Gasteiger partial charge in [-0.15, -0.1) is 0 Å². The van der Waals surface area contributed by atoms with Gasteiger partial charge in [0.25, 0.3) is 0 Å². The topological polar surface area (TPSA) is 63.4 Å². The maximum absolute atomic E-state index is 11.8. The zero-order valence-corrected chi connectivity index (χ0v) is 13.8. The molecule has 1 aromatic rings. The molecule has 4 nitrogen and oxygen atoms in total. The third kappa shape index (κ3) is 5.19. The van der Waals surface area contributed by atoms with Crippen LogP contribution in [0.1, 0.15) is 25.0 Å². The van der Waals surface area contributed by atoms with E-state index in [0.29, 0.717) is 18.1 Å². The highest BCUT2D eigenvalue weighted by atomic mass is 32.2. The van der Waals surface area contributed by atoms with Gasteiger partial charge in [0.1, 0.15) is 4.99 Å². The lowest BCUT2D eigenvalue weighted by Crippen LogP contribution is -2.28. The van der Waals surface area contributed by atoms with Crippen molar-refractivity contribution in [3.05, 3.63) is 35.4 Å². The Labute approximate surface area is 126 Å². The first-order chi connectivity index (χ1) is 9.22. The highest BCUT2D eigenvalue weighted by Gasteiger charge is 2.16. The third-order valence-corrected chi connectivity index (χ3v) is 5.56. The molecule has 0 aliphatic heterocycles. The van der Waals surface area contributed by atoms with Crippen molar-refractivity contribution in [1.29, 1.82) is 0 Å². The summed E-state index contributed by atoms with van der Waals surface area (Å²) in [5.41, 5.74) is 7.50. The fraction of sp³-hybridized carbons (Fsp3) is 0.500. The van der Waals surface area contributed by atoms with E-state index in [1.807, 2.05) is 36.2 Å². The second kappa shape index (κ2) is 7.15. The largest absolute Gasteiger partial charge is 0.389 e. The molecule has 20 heavy (non-hydrogen) atoms. The van der Waals surface area contributed by atoms with Crippen LogP contribution in [0.4, 0.5) is 0 Å². The van der Waals surface area contributed by atoms with E-state index in [1.54, 1.807) is 13.8 Å². The van der Waals surface area contributed by atoms with Crippen LogP contribution in [0, 0.1) is 0 Å². The van der Waals surface area contributed by atoms with Gasteiger partial charge in [0.15, 0.2) is 9.84 Å². The molecule has 0 radical (unpaired) electrons. The molecule has 2 N–H and O–H groups in total. The van der Waals surface area contributed by atoms with Crippen molar-refractivity contribution < 1.29 is 8.42 Å². The lowest BCUT2D eigenvalue weighted by atomic mass is 10.1. The van der Waals surface area contributed by atoms with E-state index in [2.05, 4.69) is 0 Å². The maximum atomic E-state index is 11.8. The number of nitrogens with two attached hydrogens (primary N) is 1. The number of thiocarbonyl (C=S) groups is 1. The van der Waals surface area contributed by atoms with Crippen LogP contribution < -0.4 is 5.73 Å². The SMILES string of the molecule is CC(C)S(=O)(=O)CCN(C)Cc1cccc(C(N)=S)c1. The standard InChI is InChI=1S/C14H22N2O2S2/c1-11(2)20(17,18)8-7-16(3)10-12-5-4-6-13(9-12)14(15)19/h4-6,9,11H,7-8,10H2,1-3H3,(H2,15,19). The van der Waals surface area contributed by atoms with Crippen LogP contribution in [0.3, 0.4) is 0 Å². The smallest absolute Gasteiger partial charge is 0.153 e. The van der Waals surface area contributed by atoms with E-state index < -0.39 is 9.84 Å². The summed E-state index contributed by atoms with van der Waals surface area (Å²) < 4.78 is 23.5. The number of rotatable bonds is 7. The third-order valence-electron chi connectivity index (χ3n) is 3.14. The van der Waals surface area contributed by atoms with Crippen LogP contribution in [0.25, 0.3) is 0 Å². The van der Waals surface area contributed by atoms with Crippen molar-refractivity contribution in [3.63, 3.8) is 0 Å². The molecule has 0 saturated carbocycles. The van der Waals surface area contributed by atoms with Gasteiger partial charge < -0.3 is 10.6 Å². The molecule has 0 fully saturated rings. The first-order valence-electron chi connectivity index (χ1n) is 6.51. The molecule has 0 spiro atoms. The summed E-state index contributed by atoms with van der Waals surface area (Å²) in [6.07, 6.45) is 0. The summed E-state index contributed by atoms with van der Waals surface area (Å²) in [4.78, 5) is 2.36. The number of benzene rings is 1. The molecule has 0 unspecified atom stereocenters. The summed E-state index contributed by atoms with van der Waals surface area (Å²) in [6, 6.07) is 7.70. The predicted molar refractivity (Wildman–Crippen MR) is 87.6 cm³/mol. The molecule has 0 amide bonds. The van der Waals surface area contributed by atoms with Crippen LogP contribution in [0.15, 0.2) is 24.3 Å². The second-order valence-corrected chi connectivity index (χ2v) is 8.33. The zero-order valence-electron chi connectivity index (χ0n) is 12.2. The lowest BCUT2D eigenvalue weighted by molar-refractivity contribution is 0.346. The minimum absolute atomic E-state index is 0.177. The molecule has 0 heterocycles. The van der Waals surface area contributed by atoms with Gasteiger partial charge in [0, 0.05) is 18.7 Å². The molecule has 0 aliphatic carbocycles. The molecular formula is C14H22N2O2S2. The van der Waals surface area contributed by atoms with Crippen molar-refractivity contribution in [2.45, 2.75) is 25.6 Å². The lowest BCUT2D eigenvalue weighted by Gasteiger charge is -2.18. The van der Waals surface area contributed by atoms with Gasteiger partial charge in [-0.2, -0.15) is 0 Å². The Bertz CT molecular complexity index is 568. The molecule has 0 saturated heterocycles. The number of hydrogen-bond acceptors (Lipinski definition) is 4. The maximum Gasteiger partial charge on any atom is 0.153 e. The molecule has 0 aliphatic rings. The van der Waals surface area contributed by atoms with Crippen LogP contribution >= 0.6 is 12.2 Å². The Morgan fingerprint density at radius 2 is 2.05 bits per heavy atom. The van der Waals surface area contributed by atoms with Crippen LogP contribution in [0.2, 0.25) is 0 Å². The summed E-state index contributed by atoms with van der Waals surface area (Å²) >= 11 is 4.95. The van der Waals surface area contributed by atoms with E-state index in [9.17, 15) is 8.42 Å². The van der Waals surface area contributed by atoms with Gasteiger partial charge in [-0.05, 0) is 32.5 Å². The van der Waals surface area contributed by atoms with Gasteiger partial charge >= 0.3 is 0 Å². The van der Waals surface area contributed by atoms with Gasteiger partial charge in [-0.25, -0.2) is 8.42 Å². The molecule has 0 atom stereocenters. The summed E-state index contributed by atoms with van der Waals surface area (Å²) in [6.45, 7) is 4.60. The zero-order chi connectivity index (χ0) is 15.3. The first kappa shape index (κ1) is 17.1. The Balaban J connectivity index is 2.61. The average Bonchev–Trinajstić information content (AvgIpc) is 2.36.